The summed E-state index contributed by atoms with van der Waals surface area (Å²) in [6.45, 7) is 7.02. The van der Waals surface area contributed by atoms with Crippen LogP contribution in [0.2, 0.25) is 10.0 Å². The smallest absolute Gasteiger partial charge is 0.156 e. The molecule has 27 heavy (non-hydrogen) atoms. The van der Waals surface area contributed by atoms with Crippen molar-refractivity contribution in [1.82, 2.24) is 10.2 Å². The Balaban J connectivity index is 1.43. The summed E-state index contributed by atoms with van der Waals surface area (Å²) in [6.07, 6.45) is 1.11. The van der Waals surface area contributed by atoms with Gasteiger partial charge in [-0.3, -0.25) is 4.90 Å². The Kier molecular flexibility index (Phi) is 8.24. The third kappa shape index (κ3) is 6.66. The predicted molar refractivity (Wildman–Crippen MR) is 111 cm³/mol. The van der Waals surface area contributed by atoms with Gasteiger partial charge < -0.3 is 14.8 Å². The first-order valence-corrected chi connectivity index (χ1v) is 10.1. The van der Waals surface area contributed by atoms with Crippen LogP contribution in [0.15, 0.2) is 42.5 Å². The molecule has 0 saturated carbocycles. The average Bonchev–Trinajstić information content (AvgIpc) is 2.69. The summed E-state index contributed by atoms with van der Waals surface area (Å²) >= 11 is 12.8. The van der Waals surface area contributed by atoms with Gasteiger partial charge in [0.15, 0.2) is 5.75 Å². The SMILES string of the molecule is Clc1cc(CNCCCN2CCOCC2)cc(Cl)c1OCc1ccccc1. The van der Waals surface area contributed by atoms with Gasteiger partial charge in [0, 0.05) is 19.6 Å². The molecule has 0 amide bonds. The highest BCUT2D eigenvalue weighted by molar-refractivity contribution is 6.37. The van der Waals surface area contributed by atoms with Gasteiger partial charge in [-0.1, -0.05) is 53.5 Å². The highest BCUT2D eigenvalue weighted by Crippen LogP contribution is 2.34. The summed E-state index contributed by atoms with van der Waals surface area (Å²) < 4.78 is 11.2. The number of hydrogen-bond acceptors (Lipinski definition) is 4. The van der Waals surface area contributed by atoms with Crippen molar-refractivity contribution in [2.45, 2.75) is 19.6 Å². The Hall–Kier alpha value is -1.30. The molecule has 0 bridgehead atoms. The van der Waals surface area contributed by atoms with Crippen LogP contribution in [0.25, 0.3) is 0 Å². The maximum Gasteiger partial charge on any atom is 0.156 e. The fourth-order valence-corrected chi connectivity index (χ4v) is 3.71. The molecule has 0 radical (unpaired) electrons. The average molecular weight is 409 g/mol. The quantitative estimate of drug-likeness (QED) is 0.623. The standard InChI is InChI=1S/C21H26Cl2N2O2/c22-19-13-18(15-24-7-4-8-25-9-11-26-12-10-25)14-20(23)21(19)27-16-17-5-2-1-3-6-17/h1-3,5-6,13-14,24H,4,7-12,15-16H2. The normalized spacial score (nSPS) is 15.0. The van der Waals surface area contributed by atoms with Crippen molar-refractivity contribution in [3.63, 3.8) is 0 Å². The van der Waals surface area contributed by atoms with Gasteiger partial charge >= 0.3 is 0 Å². The summed E-state index contributed by atoms with van der Waals surface area (Å²) in [7, 11) is 0. The lowest BCUT2D eigenvalue weighted by Crippen LogP contribution is -2.37. The van der Waals surface area contributed by atoms with Crippen LogP contribution in [0.4, 0.5) is 0 Å². The lowest BCUT2D eigenvalue weighted by atomic mass is 10.2. The summed E-state index contributed by atoms with van der Waals surface area (Å²) in [5.74, 6) is 0.540. The highest BCUT2D eigenvalue weighted by atomic mass is 35.5. The molecule has 0 aliphatic carbocycles. The van der Waals surface area contributed by atoms with E-state index in [0.717, 1.165) is 63.5 Å². The Morgan fingerprint density at radius 1 is 1.00 bits per heavy atom. The maximum atomic E-state index is 6.39. The van der Waals surface area contributed by atoms with E-state index >= 15 is 0 Å². The number of nitrogens with zero attached hydrogens (tertiary/aromatic N) is 1. The molecule has 0 unspecified atom stereocenters. The van der Waals surface area contributed by atoms with Crippen LogP contribution in [0.5, 0.6) is 5.75 Å². The molecular weight excluding hydrogens is 383 g/mol. The largest absolute Gasteiger partial charge is 0.486 e. The first-order valence-electron chi connectivity index (χ1n) is 9.38. The van der Waals surface area contributed by atoms with Crippen LogP contribution in [-0.4, -0.2) is 44.3 Å². The lowest BCUT2D eigenvalue weighted by Gasteiger charge is -2.26. The summed E-state index contributed by atoms with van der Waals surface area (Å²) in [5, 5.41) is 4.55. The van der Waals surface area contributed by atoms with Gasteiger partial charge in [-0.15, -0.1) is 0 Å². The summed E-state index contributed by atoms with van der Waals surface area (Å²) in [4.78, 5) is 2.44. The van der Waals surface area contributed by atoms with E-state index in [4.69, 9.17) is 32.7 Å². The van der Waals surface area contributed by atoms with Crippen LogP contribution >= 0.6 is 23.2 Å². The molecule has 2 aromatic carbocycles. The van der Waals surface area contributed by atoms with Gasteiger partial charge in [-0.05, 0) is 42.8 Å². The molecule has 3 rings (SSSR count). The third-order valence-electron chi connectivity index (χ3n) is 4.54. The van der Waals surface area contributed by atoms with Crippen molar-refractivity contribution in [1.29, 1.82) is 0 Å². The predicted octanol–water partition coefficient (Wildman–Crippen LogP) is 4.38. The van der Waals surface area contributed by atoms with Crippen molar-refractivity contribution in [2.75, 3.05) is 39.4 Å². The van der Waals surface area contributed by atoms with Crippen molar-refractivity contribution < 1.29 is 9.47 Å². The third-order valence-corrected chi connectivity index (χ3v) is 5.11. The molecule has 1 fully saturated rings. The first-order chi connectivity index (χ1) is 13.2. The van der Waals surface area contributed by atoms with Gasteiger partial charge in [0.25, 0.3) is 0 Å². The molecule has 1 aliphatic heterocycles. The van der Waals surface area contributed by atoms with Gasteiger partial charge in [0.2, 0.25) is 0 Å². The minimum Gasteiger partial charge on any atom is -0.486 e. The molecule has 2 aromatic rings. The van der Waals surface area contributed by atoms with E-state index in [1.54, 1.807) is 0 Å². The zero-order valence-corrected chi connectivity index (χ0v) is 16.9. The number of halogens is 2. The zero-order chi connectivity index (χ0) is 18.9. The fraction of sp³-hybridized carbons (Fsp3) is 0.429. The minimum atomic E-state index is 0.444. The van der Waals surface area contributed by atoms with Crippen LogP contribution in [0.3, 0.4) is 0 Å². The molecule has 1 heterocycles. The van der Waals surface area contributed by atoms with E-state index in [2.05, 4.69) is 10.2 Å². The molecule has 1 aliphatic rings. The fourth-order valence-electron chi connectivity index (χ4n) is 3.07. The van der Waals surface area contributed by atoms with Crippen molar-refractivity contribution in [2.24, 2.45) is 0 Å². The minimum absolute atomic E-state index is 0.444. The Labute approximate surface area is 171 Å². The Morgan fingerprint density at radius 2 is 1.70 bits per heavy atom. The number of hydrogen-bond donors (Lipinski definition) is 1. The highest BCUT2D eigenvalue weighted by Gasteiger charge is 2.11. The number of ether oxygens (including phenoxy) is 2. The van der Waals surface area contributed by atoms with E-state index in [0.29, 0.717) is 22.4 Å². The molecule has 0 aromatic heterocycles. The molecule has 1 N–H and O–H groups in total. The number of rotatable bonds is 9. The molecule has 4 nitrogen and oxygen atoms in total. The number of morpholine rings is 1. The maximum absolute atomic E-state index is 6.39. The lowest BCUT2D eigenvalue weighted by molar-refractivity contribution is 0.0374. The Morgan fingerprint density at radius 3 is 2.41 bits per heavy atom. The van der Waals surface area contributed by atoms with Gasteiger partial charge in [-0.2, -0.15) is 0 Å². The van der Waals surface area contributed by atoms with Crippen LogP contribution < -0.4 is 10.1 Å². The van der Waals surface area contributed by atoms with E-state index in [1.165, 1.54) is 0 Å². The zero-order valence-electron chi connectivity index (χ0n) is 15.4. The first kappa shape index (κ1) is 20.4. The number of nitrogens with one attached hydrogen (secondary N) is 1. The Bertz CT molecular complexity index is 684. The second-order valence-corrected chi connectivity index (χ2v) is 7.46. The second-order valence-electron chi connectivity index (χ2n) is 6.65. The molecule has 0 atom stereocenters. The van der Waals surface area contributed by atoms with Crippen LogP contribution in [0, 0.1) is 0 Å². The van der Waals surface area contributed by atoms with E-state index in [1.807, 2.05) is 42.5 Å². The molecule has 146 valence electrons. The topological polar surface area (TPSA) is 33.7 Å². The van der Waals surface area contributed by atoms with Crippen LogP contribution in [0.1, 0.15) is 17.5 Å². The molecule has 6 heteroatoms. The summed E-state index contributed by atoms with van der Waals surface area (Å²) in [6, 6.07) is 13.8. The van der Waals surface area contributed by atoms with E-state index in [9.17, 15) is 0 Å². The monoisotopic (exact) mass is 408 g/mol. The molecular formula is C21H26Cl2N2O2. The van der Waals surface area contributed by atoms with Crippen molar-refractivity contribution >= 4 is 23.2 Å². The summed E-state index contributed by atoms with van der Waals surface area (Å²) in [5.41, 5.74) is 2.14. The van der Waals surface area contributed by atoms with E-state index < -0.39 is 0 Å². The van der Waals surface area contributed by atoms with Crippen molar-refractivity contribution in [3.8, 4) is 5.75 Å². The van der Waals surface area contributed by atoms with Gasteiger partial charge in [0.05, 0.1) is 23.3 Å². The van der Waals surface area contributed by atoms with Gasteiger partial charge in [-0.25, -0.2) is 0 Å². The second kappa shape index (κ2) is 10.9. The molecule has 0 spiro atoms. The van der Waals surface area contributed by atoms with E-state index in [-0.39, 0.29) is 0 Å². The van der Waals surface area contributed by atoms with Gasteiger partial charge in [0.1, 0.15) is 6.61 Å². The number of benzene rings is 2. The van der Waals surface area contributed by atoms with Crippen molar-refractivity contribution in [3.05, 3.63) is 63.6 Å². The van der Waals surface area contributed by atoms with Crippen LogP contribution in [-0.2, 0) is 17.9 Å². The molecule has 1 saturated heterocycles.